The predicted octanol–water partition coefficient (Wildman–Crippen LogP) is 2.60. The van der Waals surface area contributed by atoms with E-state index in [-0.39, 0.29) is 29.6 Å². The number of carbonyl (C=O) groups is 1. The molecule has 21 heavy (non-hydrogen) atoms. The van der Waals surface area contributed by atoms with Crippen LogP contribution < -0.4 is 10.6 Å². The highest BCUT2D eigenvalue weighted by molar-refractivity contribution is 5.85. The van der Waals surface area contributed by atoms with Gasteiger partial charge in [-0.05, 0) is 29.4 Å². The van der Waals surface area contributed by atoms with Crippen LogP contribution in [0.1, 0.15) is 43.7 Å². The maximum absolute atomic E-state index is 12.0. The summed E-state index contributed by atoms with van der Waals surface area (Å²) in [6.45, 7) is 7.09. The van der Waals surface area contributed by atoms with Crippen LogP contribution in [0.15, 0.2) is 24.3 Å². The van der Waals surface area contributed by atoms with E-state index >= 15 is 0 Å². The Bertz CT molecular complexity index is 511. The third kappa shape index (κ3) is 3.24. The Balaban J connectivity index is 0.00000161. The van der Waals surface area contributed by atoms with Gasteiger partial charge in [0.2, 0.25) is 5.91 Å². The zero-order valence-corrected chi connectivity index (χ0v) is 13.6. The lowest BCUT2D eigenvalue weighted by Crippen LogP contribution is -2.51. The quantitative estimate of drug-likeness (QED) is 0.901. The van der Waals surface area contributed by atoms with Crippen molar-refractivity contribution in [1.82, 2.24) is 10.6 Å². The summed E-state index contributed by atoms with van der Waals surface area (Å²) in [6, 6.07) is 8.73. The number of fused-ring (bicyclic) bond motifs is 1. The lowest BCUT2D eigenvalue weighted by molar-refractivity contribution is -0.126. The molecule has 3 nitrogen and oxygen atoms in total. The molecule has 116 valence electrons. The van der Waals surface area contributed by atoms with Crippen LogP contribution in [-0.4, -0.2) is 25.5 Å². The van der Waals surface area contributed by atoms with Crippen LogP contribution in [0.4, 0.5) is 0 Å². The van der Waals surface area contributed by atoms with E-state index in [0.29, 0.717) is 5.92 Å². The van der Waals surface area contributed by atoms with Crippen LogP contribution >= 0.6 is 12.4 Å². The Labute approximate surface area is 133 Å². The van der Waals surface area contributed by atoms with Gasteiger partial charge in [-0.1, -0.05) is 38.1 Å². The van der Waals surface area contributed by atoms with Crippen LogP contribution in [0.3, 0.4) is 0 Å². The summed E-state index contributed by atoms with van der Waals surface area (Å²) >= 11 is 0. The maximum atomic E-state index is 12.0. The van der Waals surface area contributed by atoms with E-state index in [1.807, 2.05) is 0 Å². The van der Waals surface area contributed by atoms with Crippen molar-refractivity contribution in [3.63, 3.8) is 0 Å². The van der Waals surface area contributed by atoms with Crippen LogP contribution in [0.25, 0.3) is 0 Å². The average Bonchev–Trinajstić information content (AvgIpc) is 2.36. The number of halogens is 1. The first-order valence-electron chi connectivity index (χ1n) is 7.66. The molecule has 1 aromatic carbocycles. The molecule has 1 amide bonds. The average molecular weight is 309 g/mol. The van der Waals surface area contributed by atoms with E-state index in [9.17, 15) is 4.79 Å². The number of rotatable bonds is 3. The van der Waals surface area contributed by atoms with Gasteiger partial charge < -0.3 is 10.6 Å². The van der Waals surface area contributed by atoms with Crippen molar-refractivity contribution in [2.75, 3.05) is 19.6 Å². The van der Waals surface area contributed by atoms with E-state index in [4.69, 9.17) is 0 Å². The van der Waals surface area contributed by atoms with Crippen LogP contribution in [0.2, 0.25) is 0 Å². The molecule has 1 fully saturated rings. The molecule has 1 atom stereocenters. The highest BCUT2D eigenvalue weighted by atomic mass is 35.5. The summed E-state index contributed by atoms with van der Waals surface area (Å²) in [5.74, 6) is 0.868. The third-order valence-corrected chi connectivity index (χ3v) is 4.92. The van der Waals surface area contributed by atoms with Gasteiger partial charge in [0.05, 0.1) is 5.92 Å². The van der Waals surface area contributed by atoms with Crippen molar-refractivity contribution in [3.8, 4) is 0 Å². The molecule has 0 bridgehead atoms. The molecule has 1 unspecified atom stereocenters. The fraction of sp³-hybridized carbons (Fsp3) is 0.588. The number of amides is 1. The zero-order valence-electron chi connectivity index (χ0n) is 12.8. The van der Waals surface area contributed by atoms with E-state index in [1.165, 1.54) is 17.5 Å². The summed E-state index contributed by atoms with van der Waals surface area (Å²) in [7, 11) is 0. The Morgan fingerprint density at radius 1 is 1.33 bits per heavy atom. The van der Waals surface area contributed by atoms with Crippen LogP contribution in [0, 0.1) is 5.92 Å². The number of nitrogens with one attached hydrogen (secondary N) is 2. The van der Waals surface area contributed by atoms with Gasteiger partial charge in [-0.15, -0.1) is 12.4 Å². The largest absolute Gasteiger partial charge is 0.355 e. The molecule has 1 aliphatic heterocycles. The molecule has 2 aliphatic rings. The number of hydrogen-bond donors (Lipinski definition) is 2. The maximum Gasteiger partial charge on any atom is 0.225 e. The van der Waals surface area contributed by atoms with E-state index < -0.39 is 0 Å². The van der Waals surface area contributed by atoms with Crippen LogP contribution in [0.5, 0.6) is 0 Å². The van der Waals surface area contributed by atoms with Gasteiger partial charge >= 0.3 is 0 Å². The molecule has 0 saturated carbocycles. The zero-order chi connectivity index (χ0) is 14.2. The summed E-state index contributed by atoms with van der Waals surface area (Å²) in [5.41, 5.74) is 3.14. The Morgan fingerprint density at radius 3 is 2.71 bits per heavy atom. The van der Waals surface area contributed by atoms with E-state index in [0.717, 1.165) is 26.1 Å². The number of carbonyl (C=O) groups excluding carboxylic acids is 1. The summed E-state index contributed by atoms with van der Waals surface area (Å²) in [5, 5.41) is 6.29. The van der Waals surface area contributed by atoms with Crippen molar-refractivity contribution >= 4 is 18.3 Å². The monoisotopic (exact) mass is 308 g/mol. The summed E-state index contributed by atoms with van der Waals surface area (Å²) in [6.07, 6.45) is 2.35. The summed E-state index contributed by atoms with van der Waals surface area (Å²) < 4.78 is 0. The van der Waals surface area contributed by atoms with Crippen molar-refractivity contribution in [2.24, 2.45) is 5.92 Å². The van der Waals surface area contributed by atoms with Crippen LogP contribution in [-0.2, 0) is 10.2 Å². The molecule has 1 aromatic rings. The molecule has 3 rings (SSSR count). The van der Waals surface area contributed by atoms with Crippen molar-refractivity contribution in [1.29, 1.82) is 0 Å². The second kappa shape index (κ2) is 6.37. The molecule has 2 N–H and O–H groups in total. The van der Waals surface area contributed by atoms with Crippen molar-refractivity contribution in [3.05, 3.63) is 35.4 Å². The van der Waals surface area contributed by atoms with Gasteiger partial charge in [0.25, 0.3) is 0 Å². The highest BCUT2D eigenvalue weighted by Crippen LogP contribution is 2.42. The Hall–Kier alpha value is -1.06. The Kier molecular flexibility index (Phi) is 4.95. The van der Waals surface area contributed by atoms with Gasteiger partial charge in [-0.3, -0.25) is 4.79 Å². The molecule has 0 spiro atoms. The topological polar surface area (TPSA) is 41.1 Å². The second-order valence-corrected chi connectivity index (χ2v) is 6.81. The fourth-order valence-corrected chi connectivity index (χ4v) is 3.35. The highest BCUT2D eigenvalue weighted by Gasteiger charge is 2.33. The third-order valence-electron chi connectivity index (χ3n) is 4.92. The van der Waals surface area contributed by atoms with Crippen molar-refractivity contribution in [2.45, 2.75) is 38.0 Å². The first-order chi connectivity index (χ1) is 9.58. The number of benzene rings is 1. The first kappa shape index (κ1) is 16.3. The normalized spacial score (nSPS) is 23.4. The van der Waals surface area contributed by atoms with Gasteiger partial charge in [-0.2, -0.15) is 0 Å². The SMILES string of the molecule is CC1(C)CCC(CNC(=O)C2CNC2)c2ccccc21.Cl. The molecule has 4 heteroatoms. The number of hydrogen-bond acceptors (Lipinski definition) is 2. The Morgan fingerprint density at radius 2 is 2.05 bits per heavy atom. The molecule has 0 aromatic heterocycles. The fourth-order valence-electron chi connectivity index (χ4n) is 3.35. The smallest absolute Gasteiger partial charge is 0.225 e. The molecular formula is C17H25ClN2O. The van der Waals surface area contributed by atoms with E-state index in [2.05, 4.69) is 48.7 Å². The van der Waals surface area contributed by atoms with Gasteiger partial charge in [0.15, 0.2) is 0 Å². The lowest BCUT2D eigenvalue weighted by Gasteiger charge is -2.37. The molecule has 1 aliphatic carbocycles. The molecular weight excluding hydrogens is 284 g/mol. The lowest BCUT2D eigenvalue weighted by atomic mass is 9.69. The molecule has 1 heterocycles. The second-order valence-electron chi connectivity index (χ2n) is 6.81. The molecule has 1 saturated heterocycles. The standard InChI is InChI=1S/C17H24N2O.ClH/c1-17(2)8-7-12(14-5-3-4-6-15(14)17)11-19-16(20)13-9-18-10-13;/h3-6,12-13,18H,7-11H2,1-2H3,(H,19,20);1H. The first-order valence-corrected chi connectivity index (χ1v) is 7.66. The summed E-state index contributed by atoms with van der Waals surface area (Å²) in [4.78, 5) is 12.0. The van der Waals surface area contributed by atoms with Gasteiger partial charge in [0.1, 0.15) is 0 Å². The van der Waals surface area contributed by atoms with Gasteiger partial charge in [-0.25, -0.2) is 0 Å². The van der Waals surface area contributed by atoms with E-state index in [1.54, 1.807) is 0 Å². The van der Waals surface area contributed by atoms with Crippen molar-refractivity contribution < 1.29 is 4.79 Å². The minimum Gasteiger partial charge on any atom is -0.355 e. The molecule has 0 radical (unpaired) electrons. The van der Waals surface area contributed by atoms with Gasteiger partial charge in [0, 0.05) is 25.6 Å². The minimum atomic E-state index is 0. The predicted molar refractivity (Wildman–Crippen MR) is 88.1 cm³/mol. The minimum absolute atomic E-state index is 0.